The second-order valence-corrected chi connectivity index (χ2v) is 3.09. The van der Waals surface area contributed by atoms with Crippen LogP contribution in [0, 0.1) is 0 Å². The van der Waals surface area contributed by atoms with Gasteiger partial charge in [-0.15, -0.1) is 0 Å². The van der Waals surface area contributed by atoms with Crippen LogP contribution in [0.2, 0.25) is 0 Å². The first-order valence-corrected chi connectivity index (χ1v) is 4.82. The van der Waals surface area contributed by atoms with Crippen molar-refractivity contribution in [3.05, 3.63) is 24.0 Å². The molecule has 0 spiro atoms. The molecule has 0 radical (unpaired) electrons. The smallest absolute Gasteiger partial charge is 0.270 e. The molecule has 84 valence electrons. The van der Waals surface area contributed by atoms with E-state index in [2.05, 4.69) is 4.98 Å². The predicted octanol–water partition coefficient (Wildman–Crippen LogP) is 0.0956. The maximum atomic E-state index is 11.8. The van der Waals surface area contributed by atoms with E-state index in [-0.39, 0.29) is 12.5 Å². The average molecular weight is 212 g/mol. The van der Waals surface area contributed by atoms with Gasteiger partial charge in [0.05, 0.1) is 13.2 Å². The van der Waals surface area contributed by atoms with Crippen LogP contribution >= 0.6 is 0 Å². The molecule has 1 aromatic rings. The van der Waals surface area contributed by atoms with E-state index in [1.165, 1.54) is 0 Å². The van der Waals surface area contributed by atoms with Crippen molar-refractivity contribution in [1.29, 1.82) is 0 Å². The SMILES string of the molecule is COCCN(CCO)C(=O)c1ccc[nH]1. The number of H-pyrrole nitrogens is 1. The topological polar surface area (TPSA) is 65.6 Å². The maximum Gasteiger partial charge on any atom is 0.270 e. The second kappa shape index (κ2) is 6.21. The third kappa shape index (κ3) is 3.38. The highest BCUT2D eigenvalue weighted by Crippen LogP contribution is 2.01. The Morgan fingerprint density at radius 3 is 2.93 bits per heavy atom. The van der Waals surface area contributed by atoms with Crippen LogP contribution < -0.4 is 0 Å². The molecule has 1 heterocycles. The molecule has 0 saturated heterocycles. The predicted molar refractivity (Wildman–Crippen MR) is 55.7 cm³/mol. The van der Waals surface area contributed by atoms with Crippen LogP contribution in [0.25, 0.3) is 0 Å². The summed E-state index contributed by atoms with van der Waals surface area (Å²) in [4.78, 5) is 16.2. The fourth-order valence-electron chi connectivity index (χ4n) is 1.27. The first-order valence-electron chi connectivity index (χ1n) is 4.82. The van der Waals surface area contributed by atoms with E-state index in [1.54, 1.807) is 30.3 Å². The van der Waals surface area contributed by atoms with Crippen molar-refractivity contribution in [3.63, 3.8) is 0 Å². The van der Waals surface area contributed by atoms with Gasteiger partial charge in [-0.1, -0.05) is 0 Å². The van der Waals surface area contributed by atoms with E-state index in [0.717, 1.165) is 0 Å². The van der Waals surface area contributed by atoms with Crippen molar-refractivity contribution < 1.29 is 14.6 Å². The fraction of sp³-hybridized carbons (Fsp3) is 0.500. The van der Waals surface area contributed by atoms with Gasteiger partial charge in [0, 0.05) is 26.4 Å². The first kappa shape index (κ1) is 11.7. The van der Waals surface area contributed by atoms with E-state index in [4.69, 9.17) is 9.84 Å². The summed E-state index contributed by atoms with van der Waals surface area (Å²) < 4.78 is 4.90. The number of amides is 1. The third-order valence-corrected chi connectivity index (χ3v) is 2.05. The van der Waals surface area contributed by atoms with E-state index >= 15 is 0 Å². The fourth-order valence-corrected chi connectivity index (χ4v) is 1.27. The zero-order valence-electron chi connectivity index (χ0n) is 8.77. The van der Waals surface area contributed by atoms with Gasteiger partial charge in [0.1, 0.15) is 5.69 Å². The Balaban J connectivity index is 2.58. The first-order chi connectivity index (χ1) is 7.29. The number of rotatable bonds is 6. The molecule has 0 fully saturated rings. The molecule has 0 aromatic carbocycles. The minimum atomic E-state index is -0.119. The number of aliphatic hydroxyl groups excluding tert-OH is 1. The summed E-state index contributed by atoms with van der Waals surface area (Å²) in [6.45, 7) is 1.22. The molecule has 0 aliphatic heterocycles. The second-order valence-electron chi connectivity index (χ2n) is 3.09. The molecule has 2 N–H and O–H groups in total. The van der Waals surface area contributed by atoms with Gasteiger partial charge in [0.25, 0.3) is 5.91 Å². The summed E-state index contributed by atoms with van der Waals surface area (Å²) in [6, 6.07) is 3.47. The molecule has 0 aliphatic rings. The van der Waals surface area contributed by atoms with Crippen molar-refractivity contribution in [2.24, 2.45) is 0 Å². The summed E-state index contributed by atoms with van der Waals surface area (Å²) >= 11 is 0. The van der Waals surface area contributed by atoms with Gasteiger partial charge < -0.3 is 19.7 Å². The number of carbonyl (C=O) groups excluding carboxylic acids is 1. The Kier molecular flexibility index (Phi) is 4.86. The van der Waals surface area contributed by atoms with Crippen LogP contribution in [0.4, 0.5) is 0 Å². The average Bonchev–Trinajstić information content (AvgIpc) is 2.76. The lowest BCUT2D eigenvalue weighted by atomic mass is 10.3. The number of hydrogen-bond acceptors (Lipinski definition) is 3. The number of aliphatic hydroxyl groups is 1. The molecule has 15 heavy (non-hydrogen) atoms. The van der Waals surface area contributed by atoms with Crippen LogP contribution in [0.1, 0.15) is 10.5 Å². The van der Waals surface area contributed by atoms with Crippen molar-refractivity contribution in [2.75, 3.05) is 33.4 Å². The number of ether oxygens (including phenoxy) is 1. The van der Waals surface area contributed by atoms with Crippen LogP contribution in [0.3, 0.4) is 0 Å². The number of carbonyl (C=O) groups is 1. The minimum Gasteiger partial charge on any atom is -0.395 e. The Bertz CT molecular complexity index is 285. The number of aromatic amines is 1. The van der Waals surface area contributed by atoms with Crippen molar-refractivity contribution in [2.45, 2.75) is 0 Å². The third-order valence-electron chi connectivity index (χ3n) is 2.05. The molecule has 1 aromatic heterocycles. The zero-order chi connectivity index (χ0) is 11.1. The molecule has 0 saturated carbocycles. The number of methoxy groups -OCH3 is 1. The monoisotopic (exact) mass is 212 g/mol. The van der Waals surface area contributed by atoms with Gasteiger partial charge in [0.2, 0.25) is 0 Å². The summed E-state index contributed by atoms with van der Waals surface area (Å²) in [7, 11) is 1.58. The van der Waals surface area contributed by atoms with E-state index < -0.39 is 0 Å². The molecule has 5 nitrogen and oxygen atoms in total. The van der Waals surface area contributed by atoms with Gasteiger partial charge in [-0.3, -0.25) is 4.79 Å². The largest absolute Gasteiger partial charge is 0.395 e. The molecule has 1 rings (SSSR count). The number of hydrogen-bond donors (Lipinski definition) is 2. The molecular weight excluding hydrogens is 196 g/mol. The van der Waals surface area contributed by atoms with Crippen molar-refractivity contribution >= 4 is 5.91 Å². The Morgan fingerprint density at radius 1 is 1.60 bits per heavy atom. The van der Waals surface area contributed by atoms with Crippen molar-refractivity contribution in [3.8, 4) is 0 Å². The van der Waals surface area contributed by atoms with Gasteiger partial charge >= 0.3 is 0 Å². The minimum absolute atomic E-state index is 0.0455. The van der Waals surface area contributed by atoms with Crippen molar-refractivity contribution in [1.82, 2.24) is 9.88 Å². The highest BCUT2D eigenvalue weighted by molar-refractivity contribution is 5.92. The highest BCUT2D eigenvalue weighted by Gasteiger charge is 2.15. The van der Waals surface area contributed by atoms with Gasteiger partial charge in [-0.25, -0.2) is 0 Å². The number of aromatic nitrogens is 1. The lowest BCUT2D eigenvalue weighted by molar-refractivity contribution is 0.0651. The maximum absolute atomic E-state index is 11.8. The quantitative estimate of drug-likeness (QED) is 0.702. The normalized spacial score (nSPS) is 10.3. The van der Waals surface area contributed by atoms with Crippen LogP contribution in [0.5, 0.6) is 0 Å². The molecule has 5 heteroatoms. The van der Waals surface area contributed by atoms with Crippen LogP contribution in [-0.2, 0) is 4.74 Å². The van der Waals surface area contributed by atoms with Gasteiger partial charge in [-0.2, -0.15) is 0 Å². The molecule has 0 unspecified atom stereocenters. The summed E-state index contributed by atoms with van der Waals surface area (Å²) in [6.07, 6.45) is 1.70. The van der Waals surface area contributed by atoms with Crippen LogP contribution in [-0.4, -0.2) is 54.3 Å². The molecule has 0 aliphatic carbocycles. The summed E-state index contributed by atoms with van der Waals surface area (Å²) in [5, 5.41) is 8.84. The van der Waals surface area contributed by atoms with E-state index in [1.807, 2.05) is 0 Å². The Labute approximate surface area is 88.7 Å². The standard InChI is InChI=1S/C10H16N2O3/c1-15-8-6-12(5-7-13)10(14)9-3-2-4-11-9/h2-4,11,13H,5-8H2,1H3. The van der Waals surface area contributed by atoms with E-state index in [0.29, 0.717) is 25.4 Å². The molecule has 0 bridgehead atoms. The number of nitrogens with zero attached hydrogens (tertiary/aromatic N) is 1. The van der Waals surface area contributed by atoms with Gasteiger partial charge in [-0.05, 0) is 12.1 Å². The zero-order valence-corrected chi connectivity index (χ0v) is 8.77. The molecule has 0 atom stereocenters. The highest BCUT2D eigenvalue weighted by atomic mass is 16.5. The van der Waals surface area contributed by atoms with Gasteiger partial charge in [0.15, 0.2) is 0 Å². The molecular formula is C10H16N2O3. The van der Waals surface area contributed by atoms with E-state index in [9.17, 15) is 4.79 Å². The summed E-state index contributed by atoms with van der Waals surface area (Å²) in [5.41, 5.74) is 0.527. The molecule has 1 amide bonds. The summed E-state index contributed by atoms with van der Waals surface area (Å²) in [5.74, 6) is -0.119. The lowest BCUT2D eigenvalue weighted by Gasteiger charge is -2.20. The number of nitrogens with one attached hydrogen (secondary N) is 1. The Hall–Kier alpha value is -1.33. The Morgan fingerprint density at radius 2 is 2.40 bits per heavy atom. The van der Waals surface area contributed by atoms with Crippen LogP contribution in [0.15, 0.2) is 18.3 Å². The lowest BCUT2D eigenvalue weighted by Crippen LogP contribution is -2.36.